The molecule has 1 aliphatic rings. The number of halogens is 1. The molecule has 0 aromatic heterocycles. The molecule has 1 fully saturated rings. The topological polar surface area (TPSA) is 15.7 Å². The van der Waals surface area contributed by atoms with Crippen LogP contribution >= 0.6 is 11.6 Å². The van der Waals surface area contributed by atoms with Crippen LogP contribution < -0.4 is 0 Å². The quantitative estimate of drug-likeness (QED) is 0.792. The molecular formula is C17H27ClN2O. The van der Waals surface area contributed by atoms with Gasteiger partial charge in [-0.2, -0.15) is 0 Å². The molecule has 0 amide bonds. The lowest BCUT2D eigenvalue weighted by Crippen LogP contribution is -2.45. The van der Waals surface area contributed by atoms with E-state index in [2.05, 4.69) is 42.9 Å². The molecule has 1 atom stereocenters. The smallest absolute Gasteiger partial charge is 0.112 e. The predicted molar refractivity (Wildman–Crippen MR) is 88.5 cm³/mol. The second kappa shape index (κ2) is 7.10. The largest absolute Gasteiger partial charge is 0.368 e. The molecule has 1 aromatic carbocycles. The molecule has 0 saturated carbocycles. The number of rotatable bonds is 6. The fourth-order valence-corrected chi connectivity index (χ4v) is 3.46. The first-order chi connectivity index (χ1) is 9.94. The number of hydrogen-bond donors (Lipinski definition) is 0. The third kappa shape index (κ3) is 4.19. The van der Waals surface area contributed by atoms with Crippen LogP contribution in [0.5, 0.6) is 0 Å². The molecular weight excluding hydrogens is 284 g/mol. The molecule has 0 bridgehead atoms. The van der Waals surface area contributed by atoms with Crippen LogP contribution in [-0.4, -0.2) is 43.0 Å². The highest BCUT2D eigenvalue weighted by atomic mass is 35.5. The van der Waals surface area contributed by atoms with E-state index in [-0.39, 0.29) is 5.41 Å². The Labute approximate surface area is 133 Å². The SMILES string of the molecule is COCN1CCCN1C(C)CC(C)(C)c1ccc(Cl)cc1. The third-order valence-corrected chi connectivity index (χ3v) is 4.64. The monoisotopic (exact) mass is 310 g/mol. The van der Waals surface area contributed by atoms with Gasteiger partial charge in [0.1, 0.15) is 6.73 Å². The molecule has 0 spiro atoms. The zero-order valence-electron chi connectivity index (χ0n) is 13.6. The zero-order valence-corrected chi connectivity index (χ0v) is 14.4. The van der Waals surface area contributed by atoms with E-state index in [1.165, 1.54) is 12.0 Å². The number of methoxy groups -OCH3 is 1. The van der Waals surface area contributed by atoms with Crippen LogP contribution in [0, 0.1) is 0 Å². The van der Waals surface area contributed by atoms with Gasteiger partial charge in [0.25, 0.3) is 0 Å². The zero-order chi connectivity index (χ0) is 15.5. The standard InChI is InChI=1S/C17H27ClN2O/c1-14(20-11-5-10-19(20)13-21-4)12-17(2,3)15-6-8-16(18)9-7-15/h6-9,14H,5,10-13H2,1-4H3. The van der Waals surface area contributed by atoms with Crippen molar-refractivity contribution in [3.05, 3.63) is 34.9 Å². The Kier molecular flexibility index (Phi) is 5.67. The van der Waals surface area contributed by atoms with Gasteiger partial charge in [0.15, 0.2) is 0 Å². The summed E-state index contributed by atoms with van der Waals surface area (Å²) in [5.41, 5.74) is 1.47. The van der Waals surface area contributed by atoms with Crippen molar-refractivity contribution in [3.8, 4) is 0 Å². The Morgan fingerprint density at radius 1 is 1.24 bits per heavy atom. The molecule has 1 saturated heterocycles. The lowest BCUT2D eigenvalue weighted by atomic mass is 9.79. The fraction of sp³-hybridized carbons (Fsp3) is 0.647. The van der Waals surface area contributed by atoms with Crippen LogP contribution in [0.1, 0.15) is 39.2 Å². The van der Waals surface area contributed by atoms with Crippen molar-refractivity contribution in [2.75, 3.05) is 26.9 Å². The predicted octanol–water partition coefficient (Wildman–Crippen LogP) is 3.92. The molecule has 1 aliphatic heterocycles. The summed E-state index contributed by atoms with van der Waals surface area (Å²) >= 11 is 6.00. The number of nitrogens with zero attached hydrogens (tertiary/aromatic N) is 2. The van der Waals surface area contributed by atoms with E-state index in [4.69, 9.17) is 16.3 Å². The van der Waals surface area contributed by atoms with Gasteiger partial charge in [0.2, 0.25) is 0 Å². The van der Waals surface area contributed by atoms with E-state index >= 15 is 0 Å². The van der Waals surface area contributed by atoms with E-state index < -0.39 is 0 Å². The highest BCUT2D eigenvalue weighted by Crippen LogP contribution is 2.31. The van der Waals surface area contributed by atoms with Crippen molar-refractivity contribution >= 4 is 11.6 Å². The van der Waals surface area contributed by atoms with Crippen LogP contribution in [0.25, 0.3) is 0 Å². The maximum absolute atomic E-state index is 6.00. The van der Waals surface area contributed by atoms with Crippen LogP contribution in [0.2, 0.25) is 5.02 Å². The summed E-state index contributed by atoms with van der Waals surface area (Å²) in [6.45, 7) is 9.84. The number of benzene rings is 1. The highest BCUT2D eigenvalue weighted by molar-refractivity contribution is 6.30. The van der Waals surface area contributed by atoms with E-state index in [0.29, 0.717) is 12.8 Å². The molecule has 1 heterocycles. The average Bonchev–Trinajstić information content (AvgIpc) is 2.87. The summed E-state index contributed by atoms with van der Waals surface area (Å²) in [6.07, 6.45) is 2.32. The number of ether oxygens (including phenoxy) is 1. The maximum atomic E-state index is 6.00. The van der Waals surface area contributed by atoms with Gasteiger partial charge >= 0.3 is 0 Å². The minimum absolute atomic E-state index is 0.130. The van der Waals surface area contributed by atoms with Crippen molar-refractivity contribution in [2.45, 2.75) is 45.1 Å². The summed E-state index contributed by atoms with van der Waals surface area (Å²) in [5, 5.41) is 5.58. The van der Waals surface area contributed by atoms with Gasteiger partial charge in [-0.15, -0.1) is 0 Å². The van der Waals surface area contributed by atoms with Gasteiger partial charge in [-0.25, -0.2) is 10.0 Å². The first-order valence-corrected chi connectivity index (χ1v) is 8.08. The van der Waals surface area contributed by atoms with Crippen LogP contribution in [0.3, 0.4) is 0 Å². The molecule has 0 radical (unpaired) electrons. The Morgan fingerprint density at radius 2 is 1.90 bits per heavy atom. The Hall–Kier alpha value is -0.610. The normalized spacial score (nSPS) is 19.1. The van der Waals surface area contributed by atoms with Crippen LogP contribution in [0.15, 0.2) is 24.3 Å². The van der Waals surface area contributed by atoms with Crippen LogP contribution in [0.4, 0.5) is 0 Å². The van der Waals surface area contributed by atoms with Gasteiger partial charge in [-0.3, -0.25) is 0 Å². The lowest BCUT2D eigenvalue weighted by Gasteiger charge is -2.37. The Morgan fingerprint density at radius 3 is 2.52 bits per heavy atom. The van der Waals surface area contributed by atoms with Crippen molar-refractivity contribution in [1.82, 2.24) is 10.0 Å². The van der Waals surface area contributed by atoms with Gasteiger partial charge in [0, 0.05) is 31.3 Å². The Bertz CT molecular complexity index is 447. The molecule has 1 unspecified atom stereocenters. The van der Waals surface area contributed by atoms with E-state index in [1.807, 2.05) is 12.1 Å². The first kappa shape index (κ1) is 16.8. The minimum Gasteiger partial charge on any atom is -0.368 e. The maximum Gasteiger partial charge on any atom is 0.112 e. The summed E-state index contributed by atoms with van der Waals surface area (Å²) in [5.74, 6) is 0. The molecule has 0 N–H and O–H groups in total. The van der Waals surface area contributed by atoms with Gasteiger partial charge in [-0.05, 0) is 42.9 Å². The van der Waals surface area contributed by atoms with Crippen molar-refractivity contribution in [2.24, 2.45) is 0 Å². The lowest BCUT2D eigenvalue weighted by molar-refractivity contribution is -0.0839. The molecule has 21 heavy (non-hydrogen) atoms. The summed E-state index contributed by atoms with van der Waals surface area (Å²) in [6, 6.07) is 8.75. The molecule has 4 heteroatoms. The second-order valence-corrected chi connectivity index (χ2v) is 7.04. The summed E-state index contributed by atoms with van der Waals surface area (Å²) in [7, 11) is 1.76. The van der Waals surface area contributed by atoms with Crippen molar-refractivity contribution < 1.29 is 4.74 Å². The minimum atomic E-state index is 0.130. The summed E-state index contributed by atoms with van der Waals surface area (Å²) in [4.78, 5) is 0. The third-order valence-electron chi connectivity index (χ3n) is 4.39. The van der Waals surface area contributed by atoms with E-state index in [1.54, 1.807) is 7.11 Å². The molecule has 118 valence electrons. The van der Waals surface area contributed by atoms with Gasteiger partial charge in [-0.1, -0.05) is 37.6 Å². The number of hydrazine groups is 1. The van der Waals surface area contributed by atoms with Crippen molar-refractivity contribution in [1.29, 1.82) is 0 Å². The van der Waals surface area contributed by atoms with Crippen molar-refractivity contribution in [3.63, 3.8) is 0 Å². The van der Waals surface area contributed by atoms with E-state index in [9.17, 15) is 0 Å². The average molecular weight is 311 g/mol. The molecule has 3 nitrogen and oxygen atoms in total. The molecule has 1 aromatic rings. The first-order valence-electron chi connectivity index (χ1n) is 7.70. The highest BCUT2D eigenvalue weighted by Gasteiger charge is 2.31. The Balaban J connectivity index is 2.03. The fourth-order valence-electron chi connectivity index (χ4n) is 3.33. The van der Waals surface area contributed by atoms with Gasteiger partial charge < -0.3 is 4.74 Å². The second-order valence-electron chi connectivity index (χ2n) is 6.61. The summed E-state index contributed by atoms with van der Waals surface area (Å²) < 4.78 is 5.30. The van der Waals surface area contributed by atoms with Crippen LogP contribution in [-0.2, 0) is 10.2 Å². The molecule has 0 aliphatic carbocycles. The molecule has 2 rings (SSSR count). The number of hydrogen-bond acceptors (Lipinski definition) is 3. The van der Waals surface area contributed by atoms with E-state index in [0.717, 1.165) is 24.5 Å². The van der Waals surface area contributed by atoms with Gasteiger partial charge in [0.05, 0.1) is 0 Å².